The summed E-state index contributed by atoms with van der Waals surface area (Å²) in [6, 6.07) is 0. The Hall–Kier alpha value is 1.95. The molecule has 0 amide bonds. The van der Waals surface area contributed by atoms with Gasteiger partial charge in [-0.2, -0.15) is 0 Å². The second-order valence-corrected chi connectivity index (χ2v) is 116. The quantitative estimate of drug-likeness (QED) is 0.448. The Labute approximate surface area is 79.0 Å². The Bertz CT molecular complexity index is 66.6. The molecule has 56 valence electrons. The molecule has 0 radical (unpaired) electrons. The molecule has 0 N–H and O–H groups in total. The molecule has 1 unspecified atom stereocenters. The minimum atomic E-state index is -0.0323. The lowest BCUT2D eigenvalue weighted by atomic mass is 25.9. The predicted octanol–water partition coefficient (Wildman–Crippen LogP) is -8.78. The van der Waals surface area contributed by atoms with Gasteiger partial charge in [-0.15, -0.1) is 0 Å². The first-order valence-electron chi connectivity index (χ1n) is 3.95. The van der Waals surface area contributed by atoms with Gasteiger partial charge in [0.1, 0.15) is 0 Å². The maximum atomic E-state index is 1.77. The van der Waals surface area contributed by atoms with Crippen molar-refractivity contribution in [1.82, 2.24) is 0 Å². The maximum Gasteiger partial charge on any atom is -0.00627 e. The van der Waals surface area contributed by atoms with Crippen LogP contribution in [-0.2, 0) is 0 Å². The van der Waals surface area contributed by atoms with Crippen LogP contribution in [0, 0.1) is 0 Å². The molecule has 0 aliphatic heterocycles. The van der Waals surface area contributed by atoms with Gasteiger partial charge in [0.2, 0.25) is 0 Å². The lowest BCUT2D eigenvalue weighted by molar-refractivity contribution is 3.59. The zero-order valence-corrected chi connectivity index (χ0v) is 22.5. The number of hydrogen-bond donors (Lipinski definition) is 0. The third kappa shape index (κ3) is 7.85. The minimum Gasteiger partial charge on any atom is -0.0119 e. The first kappa shape index (κ1) is 11.0. The van der Waals surface area contributed by atoms with Crippen LogP contribution in [0.15, 0.2) is 0 Å². The Balaban J connectivity index is 3.47. The smallest absolute Gasteiger partial charge is 0.00627 e. The van der Waals surface area contributed by atoms with Crippen molar-refractivity contribution in [3.63, 3.8) is 0 Å². The van der Waals surface area contributed by atoms with E-state index in [0.717, 1.165) is 17.1 Å². The van der Waals surface area contributed by atoms with Crippen molar-refractivity contribution >= 4 is 79.4 Å². The van der Waals surface area contributed by atoms with Gasteiger partial charge in [0, 0.05) is 0 Å². The Morgan fingerprint density at radius 2 is 1.67 bits per heavy atom. The van der Waals surface area contributed by atoms with Gasteiger partial charge < -0.3 is 0 Å². The highest BCUT2D eigenvalue weighted by molar-refractivity contribution is 7.93. The largest absolute Gasteiger partial charge is 0.0119 e. The summed E-state index contributed by atoms with van der Waals surface area (Å²) < 4.78 is 0. The van der Waals surface area contributed by atoms with Crippen molar-refractivity contribution in [2.75, 3.05) is 0 Å². The van der Waals surface area contributed by atoms with Gasteiger partial charge >= 0.3 is 0 Å². The van der Waals surface area contributed by atoms with Gasteiger partial charge in [-0.1, -0.05) is 0 Å². The van der Waals surface area contributed by atoms with Gasteiger partial charge in [-0.3, -0.25) is 0 Å². The molecule has 0 saturated heterocycles. The summed E-state index contributed by atoms with van der Waals surface area (Å²) in [5.74, 6) is 0. The maximum absolute atomic E-state index is 1.77. The van der Waals surface area contributed by atoms with Crippen LogP contribution in [0.25, 0.3) is 0 Å². The molecule has 9 heteroatoms. The SMILES string of the molecule is [SiH3][SiH2][SiH]([SiH3])[SiH2][Si]([SiH3])([SiH3])[SiH3]. The van der Waals surface area contributed by atoms with Gasteiger partial charge in [0.25, 0.3) is 0 Å². The van der Waals surface area contributed by atoms with Gasteiger partial charge in [-0.25, -0.2) is 0 Å². The molecule has 0 saturated carbocycles. The van der Waals surface area contributed by atoms with E-state index in [-0.39, 0.29) is 6.14 Å². The molecule has 0 bridgehead atoms. The highest BCUT2D eigenvalue weighted by Gasteiger charge is 2.16. The molecule has 0 aromatic rings. The van der Waals surface area contributed by atoms with E-state index in [0.29, 0.717) is 7.35 Å². The fourth-order valence-corrected chi connectivity index (χ4v) is 289. The number of hydrogen-bond acceptors (Lipinski definition) is 0. The normalized spacial score (nSPS) is 25.3. The second-order valence-electron chi connectivity index (χ2n) is 4.28. The van der Waals surface area contributed by atoms with Crippen molar-refractivity contribution in [2.45, 2.75) is 0 Å². The third-order valence-corrected chi connectivity index (χ3v) is 134. The Morgan fingerprint density at radius 3 is 1.78 bits per heavy atom. The summed E-state index contributed by atoms with van der Waals surface area (Å²) in [6.45, 7) is 0. The van der Waals surface area contributed by atoms with Crippen LogP contribution in [0.1, 0.15) is 0 Å². The predicted molar refractivity (Wildman–Crippen MR) is 79.7 cm³/mol. The molecular weight excluding hydrogens is 253 g/mol. The topological polar surface area (TPSA) is 0 Å². The van der Waals surface area contributed by atoms with Crippen molar-refractivity contribution < 1.29 is 0 Å². The van der Waals surface area contributed by atoms with E-state index < -0.39 is 0 Å². The zero-order valence-electron chi connectivity index (χ0n) is 7.49. The molecule has 0 nitrogen and oxygen atoms in total. The molecule has 0 aliphatic carbocycles. The Morgan fingerprint density at radius 1 is 1.22 bits per heavy atom. The van der Waals surface area contributed by atoms with E-state index in [1.54, 1.807) is 48.8 Å². The highest BCUT2D eigenvalue weighted by atomic mass is 30.3. The molecule has 9 heavy (non-hydrogen) atoms. The molecule has 0 heterocycles. The first-order chi connectivity index (χ1) is 3.95. The molecule has 1 atom stereocenters. The molecule has 0 rings (SSSR count). The van der Waals surface area contributed by atoms with Gasteiger partial charge in [-0.05, 0) is 79.4 Å². The average molecular weight is 273 g/mol. The summed E-state index contributed by atoms with van der Waals surface area (Å²) in [5.41, 5.74) is 0. The molecule has 0 spiro atoms. The molecule has 0 aromatic heterocycles. The zero-order chi connectivity index (χ0) is 7.49. The minimum absolute atomic E-state index is 0.0323. The van der Waals surface area contributed by atoms with E-state index in [1.165, 1.54) is 0 Å². The molecule has 0 aliphatic rings. The van der Waals surface area contributed by atoms with Crippen molar-refractivity contribution in [3.05, 3.63) is 0 Å². The highest BCUT2D eigenvalue weighted by Crippen LogP contribution is 1.79. The van der Waals surface area contributed by atoms with Crippen LogP contribution >= 0.6 is 0 Å². The fourth-order valence-electron chi connectivity index (χ4n) is 1.19. The summed E-state index contributed by atoms with van der Waals surface area (Å²) >= 11 is 0. The summed E-state index contributed by atoms with van der Waals surface area (Å²) in [4.78, 5) is 0. The molecule has 0 fully saturated rings. The monoisotopic (exact) mass is 272 g/mol. The van der Waals surface area contributed by atoms with Crippen LogP contribution in [0.2, 0.25) is 0 Å². The Kier molecular flexibility index (Phi) is 5.79. The fraction of sp³-hybridized carbons (Fsp3) is 0. The van der Waals surface area contributed by atoms with E-state index in [2.05, 4.69) is 0 Å². The van der Waals surface area contributed by atoms with Crippen molar-refractivity contribution in [3.8, 4) is 0 Å². The van der Waals surface area contributed by atoms with Gasteiger partial charge in [0.15, 0.2) is 0 Å². The molecular formula is H20Si9. The van der Waals surface area contributed by atoms with E-state index in [1.807, 2.05) is 0 Å². The van der Waals surface area contributed by atoms with Crippen LogP contribution < -0.4 is 0 Å². The molecule has 0 aromatic carbocycles. The van der Waals surface area contributed by atoms with Gasteiger partial charge in [0.05, 0.1) is 0 Å². The third-order valence-electron chi connectivity index (χ3n) is 1.66. The van der Waals surface area contributed by atoms with Crippen molar-refractivity contribution in [2.24, 2.45) is 0 Å². The van der Waals surface area contributed by atoms with Crippen LogP contribution in [-0.4, -0.2) is 79.4 Å². The van der Waals surface area contributed by atoms with Crippen LogP contribution in [0.3, 0.4) is 0 Å². The van der Waals surface area contributed by atoms with Crippen LogP contribution in [0.4, 0.5) is 0 Å². The van der Waals surface area contributed by atoms with E-state index in [9.17, 15) is 0 Å². The first-order valence-corrected chi connectivity index (χ1v) is 35.6. The lowest BCUT2D eigenvalue weighted by Gasteiger charge is -2.17. The van der Waals surface area contributed by atoms with E-state index in [4.69, 9.17) is 0 Å². The van der Waals surface area contributed by atoms with E-state index >= 15 is 0 Å². The average Bonchev–Trinajstić information content (AvgIpc) is 1.62. The standard InChI is InChI=1S/H20Si9/c1-6-8(2)7-9(3,4)5/h8H,6-7H2,1-5H3. The summed E-state index contributed by atoms with van der Waals surface area (Å²) in [5, 5.41) is 0. The lowest BCUT2D eigenvalue weighted by Crippen LogP contribution is -2.55. The summed E-state index contributed by atoms with van der Waals surface area (Å²) in [7, 11) is 10.6. The van der Waals surface area contributed by atoms with Crippen LogP contribution in [0.5, 0.6) is 0 Å². The summed E-state index contributed by atoms with van der Waals surface area (Å²) in [6.07, 6.45) is -0.0323. The number of rotatable bonds is 3. The second kappa shape index (κ2) is 4.75. The van der Waals surface area contributed by atoms with Crippen molar-refractivity contribution in [1.29, 1.82) is 0 Å².